The minimum atomic E-state index is -3.50. The fourth-order valence-corrected chi connectivity index (χ4v) is 4.77. The summed E-state index contributed by atoms with van der Waals surface area (Å²) >= 11 is 0. The van der Waals surface area contributed by atoms with E-state index in [0.717, 1.165) is 16.7 Å². The van der Waals surface area contributed by atoms with Gasteiger partial charge < -0.3 is 4.52 Å². The van der Waals surface area contributed by atoms with Gasteiger partial charge >= 0.3 is 0 Å². The van der Waals surface area contributed by atoms with Gasteiger partial charge in [0, 0.05) is 31.0 Å². The Hall–Kier alpha value is -2.58. The third-order valence-electron chi connectivity index (χ3n) is 4.51. The van der Waals surface area contributed by atoms with Crippen LogP contribution in [0.5, 0.6) is 0 Å². The van der Waals surface area contributed by atoms with Gasteiger partial charge in [-0.2, -0.15) is 9.29 Å². The molecule has 0 amide bonds. The van der Waals surface area contributed by atoms with Gasteiger partial charge in [0.1, 0.15) is 0 Å². The average molecular weight is 370 g/mol. The summed E-state index contributed by atoms with van der Waals surface area (Å²) in [5.74, 6) is 0.827. The predicted molar refractivity (Wildman–Crippen MR) is 94.9 cm³/mol. The zero-order valence-corrected chi connectivity index (χ0v) is 15.3. The van der Waals surface area contributed by atoms with Crippen LogP contribution in [0.4, 0.5) is 0 Å². The SMILES string of the molecule is Cc1ccc(S(=O)(=O)N2CC(c3nc(-c4cccnc4)no3)C2)c(C)c1. The van der Waals surface area contributed by atoms with Gasteiger partial charge in [-0.1, -0.05) is 22.9 Å². The second-order valence-electron chi connectivity index (χ2n) is 6.49. The molecular formula is C18H18N4O3S. The van der Waals surface area contributed by atoms with E-state index in [9.17, 15) is 8.42 Å². The molecule has 7 nitrogen and oxygen atoms in total. The molecule has 8 heteroatoms. The molecule has 0 saturated carbocycles. The lowest BCUT2D eigenvalue weighted by molar-refractivity contribution is 0.216. The Balaban J connectivity index is 1.49. The minimum absolute atomic E-state index is 0.0894. The van der Waals surface area contributed by atoms with Crippen molar-refractivity contribution in [1.82, 2.24) is 19.4 Å². The number of hydrogen-bond acceptors (Lipinski definition) is 6. The fourth-order valence-electron chi connectivity index (χ4n) is 3.03. The summed E-state index contributed by atoms with van der Waals surface area (Å²) in [5.41, 5.74) is 2.56. The first-order valence-electron chi connectivity index (χ1n) is 8.26. The summed E-state index contributed by atoms with van der Waals surface area (Å²) in [6.07, 6.45) is 3.33. The third-order valence-corrected chi connectivity index (χ3v) is 6.50. The van der Waals surface area contributed by atoms with Crippen molar-refractivity contribution in [3.8, 4) is 11.4 Å². The van der Waals surface area contributed by atoms with Crippen LogP contribution in [0.1, 0.15) is 22.9 Å². The van der Waals surface area contributed by atoms with Gasteiger partial charge in [0.15, 0.2) is 0 Å². The maximum absolute atomic E-state index is 12.8. The first-order valence-corrected chi connectivity index (χ1v) is 9.70. The normalized spacial score (nSPS) is 15.8. The molecule has 3 aromatic rings. The standard InChI is InChI=1S/C18H18N4O3S/c1-12-5-6-16(13(2)8-12)26(23,24)22-10-15(11-22)18-20-17(21-25-18)14-4-3-7-19-9-14/h3-9,15H,10-11H2,1-2H3. The molecule has 0 aliphatic carbocycles. The minimum Gasteiger partial charge on any atom is -0.339 e. The molecule has 0 atom stereocenters. The van der Waals surface area contributed by atoms with Crippen LogP contribution in [0.25, 0.3) is 11.4 Å². The highest BCUT2D eigenvalue weighted by atomic mass is 32.2. The monoisotopic (exact) mass is 370 g/mol. The van der Waals surface area contributed by atoms with E-state index in [0.29, 0.717) is 29.7 Å². The van der Waals surface area contributed by atoms with Crippen LogP contribution in [-0.2, 0) is 10.0 Å². The number of sulfonamides is 1. The van der Waals surface area contributed by atoms with Gasteiger partial charge in [-0.05, 0) is 37.6 Å². The number of pyridine rings is 1. The van der Waals surface area contributed by atoms with E-state index in [4.69, 9.17) is 4.52 Å². The van der Waals surface area contributed by atoms with E-state index in [2.05, 4.69) is 15.1 Å². The lowest BCUT2D eigenvalue weighted by atomic mass is 10.0. The average Bonchev–Trinajstić information content (AvgIpc) is 3.03. The lowest BCUT2D eigenvalue weighted by Crippen LogP contribution is -2.48. The van der Waals surface area contributed by atoms with Crippen molar-refractivity contribution in [3.05, 3.63) is 59.7 Å². The van der Waals surface area contributed by atoms with Crippen LogP contribution in [-0.4, -0.2) is 40.9 Å². The van der Waals surface area contributed by atoms with Gasteiger partial charge in [0.2, 0.25) is 21.7 Å². The molecule has 0 spiro atoms. The molecule has 0 bridgehead atoms. The predicted octanol–water partition coefficient (Wildman–Crippen LogP) is 2.54. The summed E-state index contributed by atoms with van der Waals surface area (Å²) in [7, 11) is -3.50. The van der Waals surface area contributed by atoms with Crippen molar-refractivity contribution in [2.75, 3.05) is 13.1 Å². The van der Waals surface area contributed by atoms with E-state index in [-0.39, 0.29) is 5.92 Å². The molecule has 4 rings (SSSR count). The Bertz CT molecular complexity index is 1040. The van der Waals surface area contributed by atoms with Crippen molar-refractivity contribution >= 4 is 10.0 Å². The first kappa shape index (κ1) is 16.9. The molecule has 1 aliphatic rings. The molecular weight excluding hydrogens is 352 g/mol. The van der Waals surface area contributed by atoms with Gasteiger partial charge in [0.05, 0.1) is 10.8 Å². The number of benzene rings is 1. The topological polar surface area (TPSA) is 89.2 Å². The molecule has 0 N–H and O–H groups in total. The van der Waals surface area contributed by atoms with E-state index in [1.807, 2.05) is 32.0 Å². The Morgan fingerprint density at radius 1 is 1.19 bits per heavy atom. The van der Waals surface area contributed by atoms with Gasteiger partial charge in [-0.25, -0.2) is 8.42 Å². The number of rotatable bonds is 4. The van der Waals surface area contributed by atoms with Crippen LogP contribution in [0.2, 0.25) is 0 Å². The highest BCUT2D eigenvalue weighted by Crippen LogP contribution is 2.33. The van der Waals surface area contributed by atoms with Crippen molar-refractivity contribution in [1.29, 1.82) is 0 Å². The van der Waals surface area contributed by atoms with Crippen LogP contribution < -0.4 is 0 Å². The third kappa shape index (κ3) is 2.91. The van der Waals surface area contributed by atoms with Crippen molar-refractivity contribution < 1.29 is 12.9 Å². The maximum atomic E-state index is 12.8. The Kier molecular flexibility index (Phi) is 4.08. The largest absolute Gasteiger partial charge is 0.339 e. The number of aromatic nitrogens is 3. The molecule has 2 aromatic heterocycles. The second kappa shape index (κ2) is 6.30. The molecule has 134 valence electrons. The second-order valence-corrected chi connectivity index (χ2v) is 8.39. The summed E-state index contributed by atoms with van der Waals surface area (Å²) in [5, 5.41) is 3.96. The van der Waals surface area contributed by atoms with Crippen LogP contribution in [0.15, 0.2) is 52.1 Å². The molecule has 0 unspecified atom stereocenters. The molecule has 3 heterocycles. The molecule has 1 aliphatic heterocycles. The lowest BCUT2D eigenvalue weighted by Gasteiger charge is -2.36. The van der Waals surface area contributed by atoms with Gasteiger partial charge in [0.25, 0.3) is 0 Å². The van der Waals surface area contributed by atoms with Crippen molar-refractivity contribution in [2.45, 2.75) is 24.7 Å². The molecule has 1 fully saturated rings. The van der Waals surface area contributed by atoms with Gasteiger partial charge in [-0.15, -0.1) is 0 Å². The Labute approximate surface area is 151 Å². The summed E-state index contributed by atoms with van der Waals surface area (Å²) in [6.45, 7) is 4.43. The van der Waals surface area contributed by atoms with Crippen LogP contribution >= 0.6 is 0 Å². The highest BCUT2D eigenvalue weighted by Gasteiger charge is 2.40. The zero-order valence-electron chi connectivity index (χ0n) is 14.5. The van der Waals surface area contributed by atoms with Crippen molar-refractivity contribution in [3.63, 3.8) is 0 Å². The van der Waals surface area contributed by atoms with Crippen LogP contribution in [0, 0.1) is 13.8 Å². The maximum Gasteiger partial charge on any atom is 0.243 e. The molecule has 1 aromatic carbocycles. The quantitative estimate of drug-likeness (QED) is 0.701. The van der Waals surface area contributed by atoms with E-state index in [1.165, 1.54) is 4.31 Å². The number of aryl methyl sites for hydroxylation is 2. The molecule has 26 heavy (non-hydrogen) atoms. The Morgan fingerprint density at radius 2 is 2.00 bits per heavy atom. The summed E-state index contributed by atoms with van der Waals surface area (Å²) in [6, 6.07) is 9.00. The first-order chi connectivity index (χ1) is 12.4. The Morgan fingerprint density at radius 3 is 2.69 bits per heavy atom. The van der Waals surface area contributed by atoms with Crippen molar-refractivity contribution in [2.24, 2.45) is 0 Å². The van der Waals surface area contributed by atoms with Crippen LogP contribution in [0.3, 0.4) is 0 Å². The smallest absolute Gasteiger partial charge is 0.243 e. The van der Waals surface area contributed by atoms with Gasteiger partial charge in [-0.3, -0.25) is 4.98 Å². The highest BCUT2D eigenvalue weighted by molar-refractivity contribution is 7.89. The number of nitrogens with zero attached hydrogens (tertiary/aromatic N) is 4. The summed E-state index contributed by atoms with van der Waals surface area (Å²) in [4.78, 5) is 8.76. The van der Waals surface area contributed by atoms with E-state index < -0.39 is 10.0 Å². The number of hydrogen-bond donors (Lipinski definition) is 0. The molecule has 0 radical (unpaired) electrons. The fraction of sp³-hybridized carbons (Fsp3) is 0.278. The van der Waals surface area contributed by atoms with E-state index in [1.54, 1.807) is 24.5 Å². The zero-order chi connectivity index (χ0) is 18.3. The van der Waals surface area contributed by atoms with E-state index >= 15 is 0 Å². The summed E-state index contributed by atoms with van der Waals surface area (Å²) < 4.78 is 32.4. The molecule has 1 saturated heterocycles.